The first-order chi connectivity index (χ1) is 15.9. The number of nitrogens with zero attached hydrogens (tertiary/aromatic N) is 2. The number of anilines is 1. The van der Waals surface area contributed by atoms with E-state index in [1.165, 1.54) is 12.0 Å². The molecular formula is C25H24N2O6. The predicted octanol–water partition coefficient (Wildman–Crippen LogP) is 4.41. The minimum atomic E-state index is -0.902. The Bertz CT molecular complexity index is 1210. The lowest BCUT2D eigenvalue weighted by Crippen LogP contribution is -2.29. The molecule has 1 N–H and O–H groups in total. The molecule has 2 aromatic carbocycles. The van der Waals surface area contributed by atoms with Gasteiger partial charge in [-0.25, -0.2) is 0 Å². The maximum atomic E-state index is 13.1. The number of benzene rings is 2. The number of Topliss-reactive ketones (excluding diaryl/α,β-unsaturated/α-hetero) is 1. The molecule has 1 fully saturated rings. The molecular weight excluding hydrogens is 424 g/mol. The van der Waals surface area contributed by atoms with E-state index in [9.17, 15) is 14.7 Å². The molecule has 0 unspecified atom stereocenters. The van der Waals surface area contributed by atoms with Crippen LogP contribution >= 0.6 is 0 Å². The van der Waals surface area contributed by atoms with Gasteiger partial charge in [-0.05, 0) is 43.2 Å². The lowest BCUT2D eigenvalue weighted by Gasteiger charge is -2.23. The van der Waals surface area contributed by atoms with Gasteiger partial charge in [0.15, 0.2) is 5.82 Å². The van der Waals surface area contributed by atoms with Gasteiger partial charge >= 0.3 is 5.91 Å². The van der Waals surface area contributed by atoms with Crippen LogP contribution in [0, 0.1) is 6.92 Å². The SMILES string of the molecule is CCCOc1ccc([C@H]2C(=C(O)c3cccc(OC)c3)C(=O)C(=O)N2c2cc(C)on2)cc1. The van der Waals surface area contributed by atoms with Gasteiger partial charge < -0.3 is 19.1 Å². The maximum absolute atomic E-state index is 13.1. The van der Waals surface area contributed by atoms with Crippen molar-refractivity contribution in [2.24, 2.45) is 0 Å². The van der Waals surface area contributed by atoms with Gasteiger partial charge in [-0.2, -0.15) is 0 Å². The Morgan fingerprint density at radius 1 is 1.12 bits per heavy atom. The van der Waals surface area contributed by atoms with Crippen LogP contribution in [0.5, 0.6) is 11.5 Å². The molecule has 1 aliphatic rings. The van der Waals surface area contributed by atoms with Crippen molar-refractivity contribution in [2.75, 3.05) is 18.6 Å². The molecule has 4 rings (SSSR count). The Labute approximate surface area is 191 Å². The summed E-state index contributed by atoms with van der Waals surface area (Å²) < 4.78 is 16.0. The van der Waals surface area contributed by atoms with E-state index in [1.807, 2.05) is 6.92 Å². The van der Waals surface area contributed by atoms with Crippen molar-refractivity contribution in [3.8, 4) is 11.5 Å². The number of ketones is 1. The number of aromatic nitrogens is 1. The molecule has 3 aromatic rings. The van der Waals surface area contributed by atoms with E-state index < -0.39 is 17.7 Å². The van der Waals surface area contributed by atoms with Gasteiger partial charge in [0.1, 0.15) is 23.0 Å². The minimum Gasteiger partial charge on any atom is -0.507 e. The van der Waals surface area contributed by atoms with E-state index in [-0.39, 0.29) is 17.2 Å². The average molecular weight is 448 g/mol. The first-order valence-electron chi connectivity index (χ1n) is 10.6. The van der Waals surface area contributed by atoms with Gasteiger partial charge in [0.2, 0.25) is 0 Å². The van der Waals surface area contributed by atoms with Crippen molar-refractivity contribution >= 4 is 23.3 Å². The number of carbonyl (C=O) groups is 2. The number of amides is 1. The Hall–Kier alpha value is -4.07. The molecule has 170 valence electrons. The molecule has 0 saturated carbocycles. The molecule has 1 atom stereocenters. The van der Waals surface area contributed by atoms with Crippen molar-refractivity contribution in [1.29, 1.82) is 0 Å². The third-order valence-electron chi connectivity index (χ3n) is 5.32. The highest BCUT2D eigenvalue weighted by Crippen LogP contribution is 2.42. The third-order valence-corrected chi connectivity index (χ3v) is 5.32. The molecule has 1 aromatic heterocycles. The molecule has 2 heterocycles. The lowest BCUT2D eigenvalue weighted by molar-refractivity contribution is -0.132. The Kier molecular flexibility index (Phi) is 6.17. The Balaban J connectivity index is 1.86. The molecule has 8 heteroatoms. The molecule has 0 spiro atoms. The van der Waals surface area contributed by atoms with Crippen LogP contribution in [0.1, 0.15) is 36.3 Å². The fraction of sp³-hybridized carbons (Fsp3) is 0.240. The summed E-state index contributed by atoms with van der Waals surface area (Å²) in [5.41, 5.74) is 0.927. The molecule has 1 aliphatic heterocycles. The first kappa shape index (κ1) is 22.1. The van der Waals surface area contributed by atoms with Crippen LogP contribution in [0.25, 0.3) is 5.76 Å². The van der Waals surface area contributed by atoms with Gasteiger partial charge in [-0.1, -0.05) is 36.3 Å². The summed E-state index contributed by atoms with van der Waals surface area (Å²) in [6, 6.07) is 14.4. The van der Waals surface area contributed by atoms with Gasteiger partial charge in [-0.15, -0.1) is 0 Å². The van der Waals surface area contributed by atoms with E-state index in [1.54, 1.807) is 61.5 Å². The summed E-state index contributed by atoms with van der Waals surface area (Å²) in [5.74, 6) is -0.0583. The summed E-state index contributed by atoms with van der Waals surface area (Å²) in [4.78, 5) is 27.5. The average Bonchev–Trinajstić information content (AvgIpc) is 3.38. The monoisotopic (exact) mass is 448 g/mol. The van der Waals surface area contributed by atoms with E-state index >= 15 is 0 Å². The van der Waals surface area contributed by atoms with E-state index in [0.717, 1.165) is 6.42 Å². The van der Waals surface area contributed by atoms with Crippen molar-refractivity contribution in [3.63, 3.8) is 0 Å². The number of aliphatic hydroxyl groups excluding tert-OH is 1. The topological polar surface area (TPSA) is 102 Å². The van der Waals surface area contributed by atoms with E-state index in [4.69, 9.17) is 14.0 Å². The molecule has 0 radical (unpaired) electrons. The highest BCUT2D eigenvalue weighted by Gasteiger charge is 2.48. The quantitative estimate of drug-likeness (QED) is 0.325. The van der Waals surface area contributed by atoms with Gasteiger partial charge in [0.25, 0.3) is 5.78 Å². The normalized spacial score (nSPS) is 17.4. The third kappa shape index (κ3) is 4.19. The smallest absolute Gasteiger partial charge is 0.301 e. The zero-order chi connectivity index (χ0) is 23.5. The van der Waals surface area contributed by atoms with Crippen molar-refractivity contribution in [1.82, 2.24) is 5.16 Å². The number of rotatable bonds is 7. The number of methoxy groups -OCH3 is 1. The number of carbonyl (C=O) groups excluding carboxylic acids is 2. The Morgan fingerprint density at radius 3 is 2.52 bits per heavy atom. The van der Waals surface area contributed by atoms with Crippen molar-refractivity contribution in [2.45, 2.75) is 26.3 Å². The molecule has 0 bridgehead atoms. The number of hydrogen-bond donors (Lipinski definition) is 1. The fourth-order valence-corrected chi connectivity index (χ4v) is 3.74. The highest BCUT2D eigenvalue weighted by atomic mass is 16.5. The largest absolute Gasteiger partial charge is 0.507 e. The highest BCUT2D eigenvalue weighted by molar-refractivity contribution is 6.51. The van der Waals surface area contributed by atoms with E-state index in [2.05, 4.69) is 5.16 Å². The zero-order valence-electron chi connectivity index (χ0n) is 18.6. The summed E-state index contributed by atoms with van der Waals surface area (Å²) in [5, 5.41) is 15.1. The summed E-state index contributed by atoms with van der Waals surface area (Å²) >= 11 is 0. The summed E-state index contributed by atoms with van der Waals surface area (Å²) in [7, 11) is 1.51. The van der Waals surface area contributed by atoms with Crippen molar-refractivity contribution < 1.29 is 28.7 Å². The second kappa shape index (κ2) is 9.20. The molecule has 33 heavy (non-hydrogen) atoms. The van der Waals surface area contributed by atoms with Crippen LogP contribution in [0.4, 0.5) is 5.82 Å². The van der Waals surface area contributed by atoms with Crippen LogP contribution in [-0.2, 0) is 9.59 Å². The lowest BCUT2D eigenvalue weighted by atomic mass is 9.95. The number of ether oxygens (including phenoxy) is 2. The molecule has 0 aliphatic carbocycles. The molecule has 1 saturated heterocycles. The van der Waals surface area contributed by atoms with Gasteiger partial charge in [0.05, 0.1) is 25.3 Å². The summed E-state index contributed by atoms with van der Waals surface area (Å²) in [6.45, 7) is 4.28. The van der Waals surface area contributed by atoms with Crippen LogP contribution in [0.2, 0.25) is 0 Å². The van der Waals surface area contributed by atoms with Crippen molar-refractivity contribution in [3.05, 3.63) is 77.1 Å². The summed E-state index contributed by atoms with van der Waals surface area (Å²) in [6.07, 6.45) is 0.869. The van der Waals surface area contributed by atoms with Crippen LogP contribution < -0.4 is 14.4 Å². The zero-order valence-corrected chi connectivity index (χ0v) is 18.6. The van der Waals surface area contributed by atoms with Gasteiger partial charge in [-0.3, -0.25) is 14.5 Å². The number of hydrogen-bond acceptors (Lipinski definition) is 7. The fourth-order valence-electron chi connectivity index (χ4n) is 3.74. The van der Waals surface area contributed by atoms with Crippen LogP contribution in [0.3, 0.4) is 0 Å². The first-order valence-corrected chi connectivity index (χ1v) is 10.6. The molecule has 1 amide bonds. The Morgan fingerprint density at radius 2 is 1.88 bits per heavy atom. The van der Waals surface area contributed by atoms with Gasteiger partial charge in [0, 0.05) is 11.6 Å². The minimum absolute atomic E-state index is 0.0452. The van der Waals surface area contributed by atoms with E-state index in [0.29, 0.717) is 35.0 Å². The van der Waals surface area contributed by atoms with Crippen LogP contribution in [-0.4, -0.2) is 35.7 Å². The number of aryl methyl sites for hydroxylation is 1. The second-order valence-corrected chi connectivity index (χ2v) is 7.61. The predicted molar refractivity (Wildman–Crippen MR) is 121 cm³/mol. The maximum Gasteiger partial charge on any atom is 0.301 e. The second-order valence-electron chi connectivity index (χ2n) is 7.61. The molecule has 8 nitrogen and oxygen atoms in total. The standard InChI is InChI=1S/C25H24N2O6/c1-4-12-32-18-10-8-16(9-11-18)22-21(23(28)17-6-5-7-19(14-17)31-3)24(29)25(30)27(22)20-13-15(2)33-26-20/h5-11,13-14,22,28H,4,12H2,1-3H3/t22-/m0/s1. The van der Waals surface area contributed by atoms with Crippen LogP contribution in [0.15, 0.2) is 64.7 Å². The number of aliphatic hydroxyl groups is 1.